The fraction of sp³-hybridized carbons (Fsp3) is 0.529. The van der Waals surface area contributed by atoms with Crippen molar-refractivity contribution in [2.45, 2.75) is 51.5 Å². The first-order valence-electron chi connectivity index (χ1n) is 7.85. The van der Waals surface area contributed by atoms with Crippen molar-refractivity contribution in [3.8, 4) is 0 Å². The lowest BCUT2D eigenvalue weighted by Crippen LogP contribution is -2.32. The maximum atomic E-state index is 11.8. The molecule has 1 aromatic rings. The van der Waals surface area contributed by atoms with Gasteiger partial charge in [-0.2, -0.15) is 0 Å². The molecule has 1 rings (SSSR count). The SMILES string of the molecule is CCCCCCNC(=O)Cc1ccc(C[C@H](N)C(=O)O)cc1. The number of carbonyl (C=O) groups is 2. The van der Waals surface area contributed by atoms with E-state index in [9.17, 15) is 9.59 Å². The van der Waals surface area contributed by atoms with Crippen molar-refractivity contribution in [1.82, 2.24) is 5.32 Å². The first-order chi connectivity index (χ1) is 10.5. The summed E-state index contributed by atoms with van der Waals surface area (Å²) >= 11 is 0. The maximum absolute atomic E-state index is 11.8. The maximum Gasteiger partial charge on any atom is 0.320 e. The van der Waals surface area contributed by atoms with Gasteiger partial charge in [0.25, 0.3) is 0 Å². The molecule has 0 aliphatic carbocycles. The molecule has 1 amide bonds. The smallest absolute Gasteiger partial charge is 0.320 e. The molecule has 22 heavy (non-hydrogen) atoms. The molecule has 0 heterocycles. The monoisotopic (exact) mass is 306 g/mol. The Morgan fingerprint density at radius 1 is 1.14 bits per heavy atom. The van der Waals surface area contributed by atoms with E-state index in [1.54, 1.807) is 0 Å². The number of nitrogens with one attached hydrogen (secondary N) is 1. The molecule has 0 spiro atoms. The van der Waals surface area contributed by atoms with Crippen molar-refractivity contribution in [3.05, 3.63) is 35.4 Å². The van der Waals surface area contributed by atoms with E-state index in [0.29, 0.717) is 12.8 Å². The summed E-state index contributed by atoms with van der Waals surface area (Å²) in [6.45, 7) is 2.88. The van der Waals surface area contributed by atoms with Crippen molar-refractivity contribution in [2.75, 3.05) is 6.54 Å². The number of benzene rings is 1. The normalized spacial score (nSPS) is 11.9. The molecular formula is C17H26N2O3. The Morgan fingerprint density at radius 3 is 2.36 bits per heavy atom. The standard InChI is InChI=1S/C17H26N2O3/c1-2-3-4-5-10-19-16(20)12-14-8-6-13(7-9-14)11-15(18)17(21)22/h6-9,15H,2-5,10-12,18H2,1H3,(H,19,20)(H,21,22)/t15-/m0/s1. The first kappa shape index (κ1) is 18.2. The molecule has 1 atom stereocenters. The second kappa shape index (κ2) is 9.95. The van der Waals surface area contributed by atoms with Crippen molar-refractivity contribution in [2.24, 2.45) is 5.73 Å². The summed E-state index contributed by atoms with van der Waals surface area (Å²) in [7, 11) is 0. The summed E-state index contributed by atoms with van der Waals surface area (Å²) in [4.78, 5) is 22.5. The zero-order valence-electron chi connectivity index (χ0n) is 13.2. The molecule has 0 aromatic heterocycles. The Balaban J connectivity index is 2.34. The molecule has 0 saturated heterocycles. The Hall–Kier alpha value is -1.88. The van der Waals surface area contributed by atoms with Gasteiger partial charge in [-0.25, -0.2) is 0 Å². The van der Waals surface area contributed by atoms with Gasteiger partial charge in [0.05, 0.1) is 6.42 Å². The van der Waals surface area contributed by atoms with Gasteiger partial charge in [-0.1, -0.05) is 50.5 Å². The molecule has 0 fully saturated rings. The van der Waals surface area contributed by atoms with Crippen molar-refractivity contribution in [3.63, 3.8) is 0 Å². The molecular weight excluding hydrogens is 280 g/mol. The highest BCUT2D eigenvalue weighted by Crippen LogP contribution is 2.07. The number of carboxylic acid groups (broad SMARTS) is 1. The van der Waals surface area contributed by atoms with E-state index in [1.807, 2.05) is 24.3 Å². The predicted molar refractivity (Wildman–Crippen MR) is 86.6 cm³/mol. The molecule has 4 N–H and O–H groups in total. The van der Waals surface area contributed by atoms with E-state index in [-0.39, 0.29) is 5.91 Å². The molecule has 0 bridgehead atoms. The van der Waals surface area contributed by atoms with Gasteiger partial charge in [0.1, 0.15) is 6.04 Å². The molecule has 0 unspecified atom stereocenters. The summed E-state index contributed by atoms with van der Waals surface area (Å²) in [5, 5.41) is 11.7. The Bertz CT molecular complexity index is 471. The number of carbonyl (C=O) groups excluding carboxylic acids is 1. The van der Waals surface area contributed by atoms with Crippen LogP contribution in [0.3, 0.4) is 0 Å². The number of rotatable bonds is 10. The summed E-state index contributed by atoms with van der Waals surface area (Å²) in [5.41, 5.74) is 7.27. The first-order valence-corrected chi connectivity index (χ1v) is 7.85. The number of unbranched alkanes of at least 4 members (excludes halogenated alkanes) is 3. The lowest BCUT2D eigenvalue weighted by atomic mass is 10.0. The average Bonchev–Trinajstić information content (AvgIpc) is 2.49. The Kier molecular flexibility index (Phi) is 8.22. The van der Waals surface area contributed by atoms with Crippen LogP contribution in [0.5, 0.6) is 0 Å². The van der Waals surface area contributed by atoms with E-state index in [1.165, 1.54) is 12.8 Å². The highest BCUT2D eigenvalue weighted by Gasteiger charge is 2.12. The average molecular weight is 306 g/mol. The number of aliphatic carboxylic acids is 1. The minimum absolute atomic E-state index is 0.0199. The fourth-order valence-corrected chi connectivity index (χ4v) is 2.16. The van der Waals surface area contributed by atoms with E-state index in [0.717, 1.165) is 30.5 Å². The lowest BCUT2D eigenvalue weighted by molar-refractivity contribution is -0.138. The number of amides is 1. The van der Waals surface area contributed by atoms with Crippen LogP contribution in [-0.4, -0.2) is 29.6 Å². The van der Waals surface area contributed by atoms with Crippen molar-refractivity contribution < 1.29 is 14.7 Å². The van der Waals surface area contributed by atoms with Crippen molar-refractivity contribution >= 4 is 11.9 Å². The molecule has 0 saturated carbocycles. The molecule has 1 aromatic carbocycles. The second-order valence-electron chi connectivity index (χ2n) is 5.55. The Morgan fingerprint density at radius 2 is 1.77 bits per heavy atom. The molecule has 0 radical (unpaired) electrons. The highest BCUT2D eigenvalue weighted by atomic mass is 16.4. The topological polar surface area (TPSA) is 92.4 Å². The predicted octanol–water partition coefficient (Wildman–Crippen LogP) is 1.88. The third kappa shape index (κ3) is 7.22. The fourth-order valence-electron chi connectivity index (χ4n) is 2.16. The number of carboxylic acids is 1. The second-order valence-corrected chi connectivity index (χ2v) is 5.55. The van der Waals surface area contributed by atoms with Crippen LogP contribution in [0.15, 0.2) is 24.3 Å². The van der Waals surface area contributed by atoms with Crippen LogP contribution in [0.2, 0.25) is 0 Å². The highest BCUT2D eigenvalue weighted by molar-refractivity contribution is 5.78. The van der Waals surface area contributed by atoms with Crippen LogP contribution >= 0.6 is 0 Å². The summed E-state index contributed by atoms with van der Waals surface area (Å²) in [5.74, 6) is -0.988. The molecule has 0 aliphatic heterocycles. The summed E-state index contributed by atoms with van der Waals surface area (Å²) in [6.07, 6.45) is 5.20. The lowest BCUT2D eigenvalue weighted by Gasteiger charge is -2.08. The third-order valence-electron chi connectivity index (χ3n) is 3.51. The van der Waals surface area contributed by atoms with E-state index >= 15 is 0 Å². The largest absolute Gasteiger partial charge is 0.480 e. The van der Waals surface area contributed by atoms with Crippen LogP contribution in [0.4, 0.5) is 0 Å². The number of hydrogen-bond donors (Lipinski definition) is 3. The molecule has 5 nitrogen and oxygen atoms in total. The van der Waals surface area contributed by atoms with Crippen LogP contribution in [0.1, 0.15) is 43.7 Å². The van der Waals surface area contributed by atoms with Gasteiger partial charge in [-0.3, -0.25) is 9.59 Å². The molecule has 0 aliphatic rings. The van der Waals surface area contributed by atoms with Gasteiger partial charge in [0, 0.05) is 6.54 Å². The molecule has 5 heteroatoms. The van der Waals surface area contributed by atoms with E-state index in [2.05, 4.69) is 12.2 Å². The third-order valence-corrected chi connectivity index (χ3v) is 3.51. The van der Waals surface area contributed by atoms with Crippen LogP contribution < -0.4 is 11.1 Å². The zero-order valence-corrected chi connectivity index (χ0v) is 13.2. The van der Waals surface area contributed by atoms with Gasteiger partial charge in [-0.05, 0) is 24.0 Å². The van der Waals surface area contributed by atoms with Gasteiger partial charge in [0.15, 0.2) is 0 Å². The summed E-state index contributed by atoms with van der Waals surface area (Å²) < 4.78 is 0. The zero-order chi connectivity index (χ0) is 16.4. The minimum Gasteiger partial charge on any atom is -0.480 e. The van der Waals surface area contributed by atoms with E-state index < -0.39 is 12.0 Å². The number of hydrogen-bond acceptors (Lipinski definition) is 3. The van der Waals surface area contributed by atoms with Crippen LogP contribution in [0.25, 0.3) is 0 Å². The molecule has 122 valence electrons. The van der Waals surface area contributed by atoms with Crippen LogP contribution in [0, 0.1) is 0 Å². The van der Waals surface area contributed by atoms with Crippen LogP contribution in [-0.2, 0) is 22.4 Å². The summed E-state index contributed by atoms with van der Waals surface area (Å²) in [6, 6.07) is 6.46. The van der Waals surface area contributed by atoms with E-state index in [4.69, 9.17) is 10.8 Å². The number of nitrogens with two attached hydrogens (primary N) is 1. The van der Waals surface area contributed by atoms with Gasteiger partial charge in [0.2, 0.25) is 5.91 Å². The quantitative estimate of drug-likeness (QED) is 0.575. The van der Waals surface area contributed by atoms with Crippen molar-refractivity contribution in [1.29, 1.82) is 0 Å². The van der Waals surface area contributed by atoms with Gasteiger partial charge < -0.3 is 16.2 Å². The van der Waals surface area contributed by atoms with Gasteiger partial charge >= 0.3 is 5.97 Å². The Labute approximate surface area is 131 Å². The minimum atomic E-state index is -1.01. The van der Waals surface area contributed by atoms with Gasteiger partial charge in [-0.15, -0.1) is 0 Å².